The number of hydrogen-bond acceptors (Lipinski definition) is 10. The number of ether oxygens (including phenoxy) is 1. The quantitative estimate of drug-likeness (QED) is 0.0924. The third-order valence-corrected chi connectivity index (χ3v) is 17.6. The SMILES string of the molecule is CC1(C(=O)N2CCCC(c3cccc(C(=O)N[C@@H](C(=O)N4CCC(OC5CCN(CC[C@H](NC(=O)C6(N)CCN(c7ncnc8[nH]ccc78)CC6)c6ccc(Cl)cc6)CC5)CC4)C4CCCCC4)c3F)C2)CC1. The Morgan fingerprint density at radius 2 is 1.53 bits per heavy atom. The molecule has 6 aliphatic rings. The maximum atomic E-state index is 16.4. The van der Waals surface area contributed by atoms with Gasteiger partial charge in [-0.1, -0.05) is 62.1 Å². The summed E-state index contributed by atoms with van der Waals surface area (Å²) in [5, 5.41) is 8.00. The minimum atomic E-state index is -1.01. The summed E-state index contributed by atoms with van der Waals surface area (Å²) in [6, 6.07) is 13.7. The number of amides is 4. The third-order valence-electron chi connectivity index (χ3n) is 17.3. The van der Waals surface area contributed by atoms with Crippen molar-refractivity contribution in [3.05, 3.63) is 88.6 Å². The zero-order valence-corrected chi connectivity index (χ0v) is 43.2. The van der Waals surface area contributed by atoms with Gasteiger partial charge in [-0.15, -0.1) is 0 Å². The number of piperidine rings is 4. The molecule has 4 saturated heterocycles. The van der Waals surface area contributed by atoms with E-state index in [4.69, 9.17) is 22.1 Å². The van der Waals surface area contributed by atoms with E-state index in [9.17, 15) is 19.2 Å². The summed E-state index contributed by atoms with van der Waals surface area (Å²) in [6.45, 7) is 7.99. The highest BCUT2D eigenvalue weighted by Crippen LogP contribution is 2.47. The standard InChI is InChI=1S/C56H74ClFN10O5/c1-55(22-23-55)54(72)68-27-6-9-39(35-68)43-10-5-11-44(47(43)58)51(69)64-48(38-7-3-2-4-8-38)52(70)67-31-19-42(20-32-67)73-41-17-28-65(29-18-41)30-21-46(37-12-14-40(57)15-13-37)63-53(71)56(59)24-33-66(34-25-56)50-45-16-26-60-49(45)61-36-62-50/h5,10-16,26,36,38-39,41-42,46,48H,2-4,6-9,17-25,27-35,59H2,1H3,(H,63,71)(H,64,69)(H,60,61,62)/t39?,46-,48+/m0/s1. The number of carbonyl (C=O) groups excluding carboxylic acids is 4. The van der Waals surface area contributed by atoms with Gasteiger partial charge in [0.15, 0.2) is 0 Å². The molecule has 4 aliphatic heterocycles. The molecule has 2 aromatic carbocycles. The zero-order chi connectivity index (χ0) is 50.7. The van der Waals surface area contributed by atoms with Crippen molar-refractivity contribution < 1.29 is 28.3 Å². The fourth-order valence-corrected chi connectivity index (χ4v) is 12.5. The summed E-state index contributed by atoms with van der Waals surface area (Å²) in [5.41, 5.74) is 7.80. The Morgan fingerprint density at radius 1 is 0.822 bits per heavy atom. The van der Waals surface area contributed by atoms with E-state index in [0.29, 0.717) is 82.0 Å². The number of nitrogens with one attached hydrogen (secondary N) is 3. The van der Waals surface area contributed by atoms with E-state index in [0.717, 1.165) is 113 Å². The molecule has 6 heterocycles. The first-order valence-corrected chi connectivity index (χ1v) is 27.7. The molecule has 10 rings (SSSR count). The second kappa shape index (κ2) is 22.4. The van der Waals surface area contributed by atoms with Gasteiger partial charge in [0, 0.05) is 81.5 Å². The van der Waals surface area contributed by atoms with Crippen LogP contribution in [0.4, 0.5) is 10.2 Å². The molecule has 4 amide bonds. The first kappa shape index (κ1) is 51.3. The molecule has 5 N–H and O–H groups in total. The second-order valence-electron chi connectivity index (χ2n) is 22.4. The first-order valence-electron chi connectivity index (χ1n) is 27.3. The Balaban J connectivity index is 0.695. The smallest absolute Gasteiger partial charge is 0.254 e. The molecular formula is C56H74ClFN10O5. The zero-order valence-electron chi connectivity index (χ0n) is 42.5. The molecule has 0 spiro atoms. The fraction of sp³-hybridized carbons (Fsp3) is 0.607. The molecule has 0 bridgehead atoms. The van der Waals surface area contributed by atoms with Gasteiger partial charge < -0.3 is 45.7 Å². The van der Waals surface area contributed by atoms with Crippen LogP contribution in [0.15, 0.2) is 61.1 Å². The van der Waals surface area contributed by atoms with E-state index >= 15 is 4.39 Å². The van der Waals surface area contributed by atoms with E-state index in [-0.39, 0.29) is 58.8 Å². The Bertz CT molecular complexity index is 2580. The second-order valence-corrected chi connectivity index (χ2v) is 22.8. The van der Waals surface area contributed by atoms with Crippen LogP contribution in [-0.4, -0.2) is 136 Å². The molecule has 15 nitrogen and oxygen atoms in total. The Labute approximate surface area is 433 Å². The number of hydrogen-bond donors (Lipinski definition) is 4. The van der Waals surface area contributed by atoms with Gasteiger partial charge >= 0.3 is 0 Å². The molecule has 73 heavy (non-hydrogen) atoms. The van der Waals surface area contributed by atoms with Gasteiger partial charge in [-0.05, 0) is 125 Å². The van der Waals surface area contributed by atoms with Gasteiger partial charge in [0.25, 0.3) is 5.91 Å². The van der Waals surface area contributed by atoms with Gasteiger partial charge in [-0.25, -0.2) is 14.4 Å². The number of H-pyrrole nitrogens is 1. The number of likely N-dealkylation sites (tertiary alicyclic amines) is 3. The van der Waals surface area contributed by atoms with Gasteiger partial charge in [-0.2, -0.15) is 0 Å². The monoisotopic (exact) mass is 1020 g/mol. The molecule has 17 heteroatoms. The molecule has 2 saturated carbocycles. The summed E-state index contributed by atoms with van der Waals surface area (Å²) in [4.78, 5) is 76.1. The maximum Gasteiger partial charge on any atom is 0.254 e. The highest BCUT2D eigenvalue weighted by molar-refractivity contribution is 6.30. The van der Waals surface area contributed by atoms with E-state index < -0.39 is 23.3 Å². The number of nitrogens with zero attached hydrogens (tertiary/aromatic N) is 6. The van der Waals surface area contributed by atoms with Crippen LogP contribution in [0.1, 0.15) is 143 Å². The van der Waals surface area contributed by atoms with Crippen LogP contribution in [0.5, 0.6) is 0 Å². The van der Waals surface area contributed by atoms with Crippen LogP contribution in [-0.2, 0) is 19.1 Å². The molecule has 4 aromatic rings. The Hall–Kier alpha value is -5.16. The minimum Gasteiger partial charge on any atom is -0.375 e. The molecule has 2 aliphatic carbocycles. The largest absolute Gasteiger partial charge is 0.375 e. The highest BCUT2D eigenvalue weighted by atomic mass is 35.5. The summed E-state index contributed by atoms with van der Waals surface area (Å²) in [7, 11) is 0. The van der Waals surface area contributed by atoms with Crippen molar-refractivity contribution in [2.45, 2.75) is 145 Å². The number of rotatable bonds is 15. The summed E-state index contributed by atoms with van der Waals surface area (Å²) in [5.74, 6) is -0.527. The number of carbonyl (C=O) groups is 4. The van der Waals surface area contributed by atoms with Crippen molar-refractivity contribution in [1.82, 2.24) is 40.3 Å². The Kier molecular flexibility index (Phi) is 15.7. The Morgan fingerprint density at radius 3 is 2.25 bits per heavy atom. The molecule has 6 fully saturated rings. The van der Waals surface area contributed by atoms with Crippen molar-refractivity contribution in [2.24, 2.45) is 17.1 Å². The topological polar surface area (TPSA) is 182 Å². The van der Waals surface area contributed by atoms with Crippen LogP contribution in [0.25, 0.3) is 11.0 Å². The van der Waals surface area contributed by atoms with E-state index in [2.05, 4.69) is 35.4 Å². The molecule has 1 unspecified atom stereocenters. The first-order chi connectivity index (χ1) is 35.3. The van der Waals surface area contributed by atoms with Crippen molar-refractivity contribution in [1.29, 1.82) is 0 Å². The lowest BCUT2D eigenvalue weighted by atomic mass is 9.83. The normalized spacial score (nSPS) is 23.0. The number of benzene rings is 2. The van der Waals surface area contributed by atoms with Crippen molar-refractivity contribution in [2.75, 3.05) is 63.8 Å². The van der Waals surface area contributed by atoms with Gasteiger partial charge in [-0.3, -0.25) is 19.2 Å². The molecule has 0 radical (unpaired) electrons. The van der Waals surface area contributed by atoms with Crippen molar-refractivity contribution in [3.63, 3.8) is 0 Å². The van der Waals surface area contributed by atoms with E-state index in [1.807, 2.05) is 53.3 Å². The molecule has 3 atom stereocenters. The van der Waals surface area contributed by atoms with Crippen molar-refractivity contribution in [3.8, 4) is 0 Å². The predicted molar refractivity (Wildman–Crippen MR) is 279 cm³/mol. The fourth-order valence-electron chi connectivity index (χ4n) is 12.3. The van der Waals surface area contributed by atoms with Crippen LogP contribution in [0, 0.1) is 17.2 Å². The lowest BCUT2D eigenvalue weighted by Crippen LogP contribution is -2.60. The minimum absolute atomic E-state index is 0.0102. The molecular weight excluding hydrogens is 947 g/mol. The lowest BCUT2D eigenvalue weighted by molar-refractivity contribution is -0.139. The van der Waals surface area contributed by atoms with Crippen molar-refractivity contribution >= 4 is 52.1 Å². The molecule has 392 valence electrons. The number of nitrogens with two attached hydrogens (primary N) is 1. The summed E-state index contributed by atoms with van der Waals surface area (Å²) < 4.78 is 23.1. The molecule has 2 aromatic heterocycles. The van der Waals surface area contributed by atoms with Gasteiger partial charge in [0.05, 0.1) is 34.7 Å². The summed E-state index contributed by atoms with van der Waals surface area (Å²) >= 11 is 6.29. The average Bonchev–Trinajstić information content (AvgIpc) is 3.98. The number of fused-ring (bicyclic) bond motifs is 1. The predicted octanol–water partition coefficient (Wildman–Crippen LogP) is 7.65. The number of halogens is 2. The lowest BCUT2D eigenvalue weighted by Gasteiger charge is -2.40. The number of anilines is 1. The van der Waals surface area contributed by atoms with Crippen LogP contribution in [0.2, 0.25) is 5.02 Å². The van der Waals surface area contributed by atoms with Crippen LogP contribution in [0.3, 0.4) is 0 Å². The third kappa shape index (κ3) is 11.7. The van der Waals surface area contributed by atoms with E-state index in [1.165, 1.54) is 6.07 Å². The number of aromatic amines is 1. The number of aromatic nitrogens is 3. The van der Waals surface area contributed by atoms with Crippen LogP contribution < -0.4 is 21.3 Å². The maximum absolute atomic E-state index is 16.4. The van der Waals surface area contributed by atoms with Gasteiger partial charge in [0.2, 0.25) is 17.7 Å². The highest BCUT2D eigenvalue weighted by Gasteiger charge is 2.48. The van der Waals surface area contributed by atoms with Gasteiger partial charge in [0.1, 0.15) is 29.7 Å². The van der Waals surface area contributed by atoms with Crippen LogP contribution >= 0.6 is 11.6 Å². The average molecular weight is 1020 g/mol. The summed E-state index contributed by atoms with van der Waals surface area (Å²) in [6.07, 6.45) is 16.6. The van der Waals surface area contributed by atoms with E-state index in [1.54, 1.807) is 18.5 Å².